The lowest BCUT2D eigenvalue weighted by atomic mass is 9.59. The van der Waals surface area contributed by atoms with Gasteiger partial charge in [0, 0.05) is 45.4 Å². The second-order valence-electron chi connectivity index (χ2n) is 11.9. The Morgan fingerprint density at radius 2 is 1.60 bits per heavy atom. The van der Waals surface area contributed by atoms with Crippen LogP contribution in [-0.4, -0.2) is 41.4 Å². The zero-order valence-corrected chi connectivity index (χ0v) is 24.7. The predicted molar refractivity (Wildman–Crippen MR) is 165 cm³/mol. The quantitative estimate of drug-likeness (QED) is 0.184. The number of amides is 2. The maximum absolute atomic E-state index is 14.2. The molecule has 3 aliphatic carbocycles. The standard InChI is InChI=1S/C37H29NO7/c1-19-16-30(40)33-28(34(19)41)18-27-24(31(33)25-13-12-23(45-2)17-29(25)39)14-15-26-32(27)37(44)38(36(26)43)22-10-8-21(9-11-22)35(42)20-6-4-3-5-7-20/h3-14,16-17,26-27,31-32,39H,15,18H2,1-2H3/t26-,27+,31+,32-/m0/s1. The molecule has 1 N–H and O–H groups in total. The van der Waals surface area contributed by atoms with Crippen LogP contribution < -0.4 is 9.64 Å². The van der Waals surface area contributed by atoms with Gasteiger partial charge < -0.3 is 9.84 Å². The number of anilines is 1. The minimum absolute atomic E-state index is 0.0954. The molecule has 1 saturated heterocycles. The Hall–Kier alpha value is -5.37. The molecule has 45 heavy (non-hydrogen) atoms. The van der Waals surface area contributed by atoms with Crippen molar-refractivity contribution < 1.29 is 33.8 Å². The molecule has 1 aliphatic heterocycles. The molecule has 0 spiro atoms. The van der Waals surface area contributed by atoms with Gasteiger partial charge in [0.15, 0.2) is 17.3 Å². The van der Waals surface area contributed by atoms with E-state index in [1.54, 1.807) is 67.6 Å². The summed E-state index contributed by atoms with van der Waals surface area (Å²) < 4.78 is 5.26. The summed E-state index contributed by atoms with van der Waals surface area (Å²) >= 11 is 0. The van der Waals surface area contributed by atoms with Gasteiger partial charge in [0.1, 0.15) is 11.5 Å². The molecular weight excluding hydrogens is 570 g/mol. The fourth-order valence-electron chi connectivity index (χ4n) is 7.40. The highest BCUT2D eigenvalue weighted by Crippen LogP contribution is 2.56. The highest BCUT2D eigenvalue weighted by molar-refractivity contribution is 6.25. The van der Waals surface area contributed by atoms with Crippen LogP contribution in [0.5, 0.6) is 11.5 Å². The SMILES string of the molecule is COc1ccc([C@H]2C3=CC[C@@H]4C(=O)N(c5ccc(C(=O)c6ccccc6)cc5)C(=O)[C@@H]4[C@@H]3CC3=C2C(=O)C=C(C)C3=O)c(O)c1. The van der Waals surface area contributed by atoms with Crippen LogP contribution in [0.4, 0.5) is 5.69 Å². The van der Waals surface area contributed by atoms with E-state index in [1.165, 1.54) is 24.2 Å². The molecule has 3 aromatic rings. The zero-order valence-electron chi connectivity index (χ0n) is 24.7. The van der Waals surface area contributed by atoms with Crippen LogP contribution in [0.1, 0.15) is 47.2 Å². The fourth-order valence-corrected chi connectivity index (χ4v) is 7.40. The van der Waals surface area contributed by atoms with Crippen LogP contribution >= 0.6 is 0 Å². The van der Waals surface area contributed by atoms with Crippen LogP contribution in [0, 0.1) is 17.8 Å². The van der Waals surface area contributed by atoms with Crippen molar-refractivity contribution in [3.8, 4) is 11.5 Å². The van der Waals surface area contributed by atoms with Crippen LogP contribution in [0.3, 0.4) is 0 Å². The Labute approximate surface area is 259 Å². The number of carbonyl (C=O) groups is 5. The molecule has 3 aromatic carbocycles. The summed E-state index contributed by atoms with van der Waals surface area (Å²) in [6, 6.07) is 20.1. The number of imide groups is 1. The molecule has 8 nitrogen and oxygen atoms in total. The second kappa shape index (κ2) is 10.7. The van der Waals surface area contributed by atoms with E-state index in [-0.39, 0.29) is 47.8 Å². The monoisotopic (exact) mass is 599 g/mol. The number of phenolic OH excluding ortho intramolecular Hbond substituents is 1. The van der Waals surface area contributed by atoms with Crippen LogP contribution in [-0.2, 0) is 19.2 Å². The molecule has 2 amide bonds. The molecule has 0 aromatic heterocycles. The number of aromatic hydroxyl groups is 1. The van der Waals surface area contributed by atoms with Crippen molar-refractivity contribution in [1.29, 1.82) is 0 Å². The van der Waals surface area contributed by atoms with Crippen LogP contribution in [0.2, 0.25) is 0 Å². The Bertz CT molecular complexity index is 1920. The van der Waals surface area contributed by atoms with E-state index in [9.17, 15) is 29.1 Å². The molecule has 0 unspecified atom stereocenters. The molecule has 0 saturated carbocycles. The largest absolute Gasteiger partial charge is 0.507 e. The van der Waals surface area contributed by atoms with Gasteiger partial charge >= 0.3 is 0 Å². The van der Waals surface area contributed by atoms with Gasteiger partial charge in [0.25, 0.3) is 0 Å². The predicted octanol–water partition coefficient (Wildman–Crippen LogP) is 5.27. The summed E-state index contributed by atoms with van der Waals surface area (Å²) in [6.07, 6.45) is 3.65. The van der Waals surface area contributed by atoms with Crippen LogP contribution in [0.25, 0.3) is 0 Å². The van der Waals surface area contributed by atoms with Gasteiger partial charge in [-0.1, -0.05) is 48.0 Å². The first-order valence-corrected chi connectivity index (χ1v) is 14.8. The number of Topliss-reactive ketones (excluding diaryl/α,β-unsaturated/α-hetero) is 1. The van der Waals surface area contributed by atoms with Crippen molar-refractivity contribution >= 4 is 34.9 Å². The third-order valence-corrected chi connectivity index (χ3v) is 9.53. The summed E-state index contributed by atoms with van der Waals surface area (Å²) in [6.45, 7) is 1.59. The first kappa shape index (κ1) is 28.4. The highest BCUT2D eigenvalue weighted by Gasteiger charge is 2.56. The van der Waals surface area contributed by atoms with Crippen molar-refractivity contribution in [2.75, 3.05) is 12.0 Å². The summed E-state index contributed by atoms with van der Waals surface area (Å²) in [5, 5.41) is 11.1. The van der Waals surface area contributed by atoms with Crippen molar-refractivity contribution in [2.45, 2.75) is 25.7 Å². The Morgan fingerprint density at radius 3 is 2.29 bits per heavy atom. The number of carbonyl (C=O) groups excluding carboxylic acids is 5. The third-order valence-electron chi connectivity index (χ3n) is 9.53. The van der Waals surface area contributed by atoms with Crippen molar-refractivity contribution in [2.24, 2.45) is 17.8 Å². The topological polar surface area (TPSA) is 118 Å². The summed E-state index contributed by atoms with van der Waals surface area (Å²) in [4.78, 5) is 69.0. The van der Waals surface area contributed by atoms with Gasteiger partial charge in [-0.15, -0.1) is 0 Å². The van der Waals surface area contributed by atoms with Crippen LogP contribution in [0.15, 0.2) is 107 Å². The van der Waals surface area contributed by atoms with Gasteiger partial charge in [-0.05, 0) is 62.1 Å². The minimum atomic E-state index is -0.758. The number of ether oxygens (including phenoxy) is 1. The molecule has 8 heteroatoms. The van der Waals surface area contributed by atoms with Crippen molar-refractivity contribution in [3.63, 3.8) is 0 Å². The minimum Gasteiger partial charge on any atom is -0.507 e. The number of nitrogens with zero attached hydrogens (tertiary/aromatic N) is 1. The van der Waals surface area contributed by atoms with E-state index in [2.05, 4.69) is 0 Å². The molecule has 0 bridgehead atoms. The van der Waals surface area contributed by atoms with E-state index in [4.69, 9.17) is 4.74 Å². The van der Waals surface area contributed by atoms with Gasteiger partial charge in [0.2, 0.25) is 11.8 Å². The zero-order chi connectivity index (χ0) is 31.6. The number of allylic oxidation sites excluding steroid dienone is 6. The molecule has 1 fully saturated rings. The second-order valence-corrected chi connectivity index (χ2v) is 11.9. The number of hydrogen-bond acceptors (Lipinski definition) is 7. The Morgan fingerprint density at radius 1 is 0.889 bits per heavy atom. The number of rotatable bonds is 5. The molecule has 224 valence electrons. The lowest BCUT2D eigenvalue weighted by Crippen LogP contribution is -2.39. The highest BCUT2D eigenvalue weighted by atomic mass is 16.5. The third kappa shape index (κ3) is 4.39. The molecule has 1 heterocycles. The van der Waals surface area contributed by atoms with Crippen molar-refractivity contribution in [3.05, 3.63) is 124 Å². The lowest BCUT2D eigenvalue weighted by Gasteiger charge is -2.42. The molecule has 4 aliphatic rings. The maximum atomic E-state index is 14.2. The fraction of sp³-hybridized carbons (Fsp3) is 0.216. The average Bonchev–Trinajstić information content (AvgIpc) is 3.32. The first-order valence-electron chi connectivity index (χ1n) is 14.8. The van der Waals surface area contributed by atoms with E-state index >= 15 is 0 Å². The van der Waals surface area contributed by atoms with E-state index in [1.807, 2.05) is 12.1 Å². The van der Waals surface area contributed by atoms with E-state index < -0.39 is 23.7 Å². The summed E-state index contributed by atoms with van der Waals surface area (Å²) in [7, 11) is 1.48. The number of hydrogen-bond donors (Lipinski definition) is 1. The summed E-state index contributed by atoms with van der Waals surface area (Å²) in [5.74, 6) is -3.81. The number of phenols is 1. The Kier molecular flexibility index (Phi) is 6.73. The van der Waals surface area contributed by atoms with E-state index in [0.717, 1.165) is 5.57 Å². The normalized spacial score (nSPS) is 24.1. The molecular formula is C37H29NO7. The van der Waals surface area contributed by atoms with Gasteiger partial charge in [-0.2, -0.15) is 0 Å². The summed E-state index contributed by atoms with van der Waals surface area (Å²) in [5.41, 5.74) is 3.46. The lowest BCUT2D eigenvalue weighted by molar-refractivity contribution is -0.123. The van der Waals surface area contributed by atoms with Gasteiger partial charge in [0.05, 0.1) is 24.6 Å². The molecule has 0 radical (unpaired) electrons. The van der Waals surface area contributed by atoms with E-state index in [0.29, 0.717) is 44.8 Å². The number of methoxy groups -OCH3 is 1. The smallest absolute Gasteiger partial charge is 0.238 e. The number of benzene rings is 3. The number of fused-ring (bicyclic) bond motifs is 3. The average molecular weight is 600 g/mol. The first-order chi connectivity index (χ1) is 21.7. The van der Waals surface area contributed by atoms with Gasteiger partial charge in [-0.3, -0.25) is 28.9 Å². The molecule has 4 atom stereocenters. The van der Waals surface area contributed by atoms with Crippen molar-refractivity contribution in [1.82, 2.24) is 0 Å². The number of ketones is 3. The Balaban J connectivity index is 1.26. The molecule has 7 rings (SSSR count). The maximum Gasteiger partial charge on any atom is 0.238 e. The van der Waals surface area contributed by atoms with Gasteiger partial charge in [-0.25, -0.2) is 0 Å².